The molecule has 150 valence electrons. The zero-order chi connectivity index (χ0) is 21.1. The maximum atomic E-state index is 13.4. The van der Waals surface area contributed by atoms with Crippen LogP contribution in [0.1, 0.15) is 38.1 Å². The van der Waals surface area contributed by atoms with Crippen LogP contribution >= 0.6 is 0 Å². The van der Waals surface area contributed by atoms with Gasteiger partial charge >= 0.3 is 0 Å². The normalized spacial score (nSPS) is 28.0. The molecule has 3 aliphatic rings. The number of anilines is 1. The van der Waals surface area contributed by atoms with E-state index < -0.39 is 35.2 Å². The third-order valence-corrected chi connectivity index (χ3v) is 5.83. The van der Waals surface area contributed by atoms with Crippen molar-refractivity contribution in [2.24, 2.45) is 22.4 Å². The first-order valence-electron chi connectivity index (χ1n) is 9.65. The molecule has 0 radical (unpaired) electrons. The predicted molar refractivity (Wildman–Crippen MR) is 107 cm³/mol. The van der Waals surface area contributed by atoms with Crippen LogP contribution in [-0.4, -0.2) is 46.7 Å². The molecular weight excluding hydrogens is 370 g/mol. The molecule has 4 rings (SSSR count). The fourth-order valence-corrected chi connectivity index (χ4v) is 4.38. The second kappa shape index (κ2) is 6.47. The second-order valence-corrected chi connectivity index (χ2v) is 8.75. The summed E-state index contributed by atoms with van der Waals surface area (Å²) >= 11 is 0. The number of hydrogen-bond acceptors (Lipinski definition) is 6. The minimum absolute atomic E-state index is 0.0934. The molecule has 0 aliphatic carbocycles. The van der Waals surface area contributed by atoms with Crippen molar-refractivity contribution in [2.75, 3.05) is 4.90 Å². The van der Waals surface area contributed by atoms with Gasteiger partial charge in [0.1, 0.15) is 6.04 Å². The van der Waals surface area contributed by atoms with E-state index in [1.165, 1.54) is 6.92 Å². The first kappa shape index (κ1) is 19.2. The molecule has 1 aromatic rings. The number of carbonyl (C=O) groups is 4. The first-order chi connectivity index (χ1) is 13.6. The number of Topliss-reactive ketones (excluding diaryl/α,β-unsaturated/α-hetero) is 2. The van der Waals surface area contributed by atoms with E-state index in [1.807, 2.05) is 6.08 Å². The summed E-state index contributed by atoms with van der Waals surface area (Å²) < 4.78 is 0. The quantitative estimate of drug-likeness (QED) is 0.580. The predicted octanol–water partition coefficient (Wildman–Crippen LogP) is 2.22. The summed E-state index contributed by atoms with van der Waals surface area (Å²) in [7, 11) is 0. The first-order valence-corrected chi connectivity index (χ1v) is 9.65. The molecule has 1 aromatic carbocycles. The maximum Gasteiger partial charge on any atom is 0.240 e. The number of benzene rings is 1. The molecule has 7 heteroatoms. The average molecular weight is 393 g/mol. The lowest BCUT2D eigenvalue weighted by Crippen LogP contribution is -2.49. The van der Waals surface area contributed by atoms with E-state index in [4.69, 9.17) is 0 Å². The zero-order valence-corrected chi connectivity index (χ0v) is 16.8. The fourth-order valence-electron chi connectivity index (χ4n) is 4.38. The number of ketones is 2. The number of amides is 2. The number of carbonyl (C=O) groups excluding carboxylic acids is 4. The largest absolute Gasteiger partial charge is 0.297 e. The lowest BCUT2D eigenvalue weighted by atomic mass is 9.80. The van der Waals surface area contributed by atoms with E-state index >= 15 is 0 Å². The standard InChI is InChI=1S/C22H23N3O4/c1-12(26)13-7-9-14(10-8-13)24-20(28)16-15-6-5-11-23-25(15)18(17(16)21(24)29)19(27)22(2,3)4/h5-11,15-18H,1-4H3/t15-,16-,17-,18+/m0/s1. The van der Waals surface area contributed by atoms with Crippen LogP contribution in [0.3, 0.4) is 0 Å². The Hall–Kier alpha value is -3.09. The topological polar surface area (TPSA) is 87.1 Å². The van der Waals surface area contributed by atoms with Gasteiger partial charge in [-0.3, -0.25) is 24.2 Å². The van der Waals surface area contributed by atoms with Crippen molar-refractivity contribution in [3.8, 4) is 0 Å². The highest BCUT2D eigenvalue weighted by molar-refractivity contribution is 6.24. The van der Waals surface area contributed by atoms with E-state index in [1.54, 1.807) is 62.3 Å². The summed E-state index contributed by atoms with van der Waals surface area (Å²) in [5.41, 5.74) is 0.237. The van der Waals surface area contributed by atoms with Gasteiger partial charge in [-0.2, -0.15) is 5.10 Å². The number of rotatable bonds is 3. The minimum atomic E-state index is -0.788. The van der Waals surface area contributed by atoms with Gasteiger partial charge in [0.05, 0.1) is 23.6 Å². The van der Waals surface area contributed by atoms with Crippen molar-refractivity contribution in [3.63, 3.8) is 0 Å². The Morgan fingerprint density at radius 3 is 2.21 bits per heavy atom. The maximum absolute atomic E-state index is 13.4. The van der Waals surface area contributed by atoms with E-state index in [0.717, 1.165) is 4.90 Å². The fraction of sp³-hybridized carbons (Fsp3) is 0.409. The van der Waals surface area contributed by atoms with Crippen LogP contribution in [0.4, 0.5) is 5.69 Å². The van der Waals surface area contributed by atoms with Crippen LogP contribution in [0.15, 0.2) is 41.5 Å². The number of fused-ring (bicyclic) bond motifs is 3. The summed E-state index contributed by atoms with van der Waals surface area (Å²) in [4.78, 5) is 52.6. The molecule has 29 heavy (non-hydrogen) atoms. The molecule has 2 fully saturated rings. The van der Waals surface area contributed by atoms with Crippen LogP contribution in [0.2, 0.25) is 0 Å². The Kier molecular flexibility index (Phi) is 4.29. The molecule has 4 atom stereocenters. The minimum Gasteiger partial charge on any atom is -0.297 e. The summed E-state index contributed by atoms with van der Waals surface area (Å²) in [5, 5.41) is 5.95. The lowest BCUT2D eigenvalue weighted by molar-refractivity contribution is -0.136. The van der Waals surface area contributed by atoms with Crippen molar-refractivity contribution in [2.45, 2.75) is 39.8 Å². The van der Waals surface area contributed by atoms with E-state index in [-0.39, 0.29) is 17.5 Å². The number of hydrazone groups is 1. The molecular formula is C22H23N3O4. The number of imide groups is 1. The highest BCUT2D eigenvalue weighted by Crippen LogP contribution is 2.47. The smallest absolute Gasteiger partial charge is 0.240 e. The average Bonchev–Trinajstić information content (AvgIpc) is 3.14. The monoisotopic (exact) mass is 393 g/mol. The molecule has 3 aliphatic heterocycles. The molecule has 7 nitrogen and oxygen atoms in total. The van der Waals surface area contributed by atoms with Gasteiger partial charge in [0.2, 0.25) is 11.8 Å². The van der Waals surface area contributed by atoms with Gasteiger partial charge in [-0.25, -0.2) is 4.90 Å². The SMILES string of the molecule is CC(=O)c1ccc(N2C(=O)[C@@H]3[C@H](C2=O)[C@H](C(=O)C(C)(C)C)N2N=CC=C[C@@H]32)cc1. The molecule has 3 heterocycles. The van der Waals surface area contributed by atoms with Gasteiger partial charge in [0, 0.05) is 17.2 Å². The molecule has 0 aromatic heterocycles. The summed E-state index contributed by atoms with van der Waals surface area (Å²) in [6.45, 7) is 6.88. The Balaban J connectivity index is 1.75. The highest BCUT2D eigenvalue weighted by Gasteiger charge is 2.64. The van der Waals surface area contributed by atoms with Crippen LogP contribution in [0, 0.1) is 17.3 Å². The van der Waals surface area contributed by atoms with Crippen LogP contribution < -0.4 is 4.90 Å². The molecule has 0 unspecified atom stereocenters. The zero-order valence-electron chi connectivity index (χ0n) is 16.8. The van der Waals surface area contributed by atoms with Crippen LogP contribution in [0.25, 0.3) is 0 Å². The van der Waals surface area contributed by atoms with Crippen molar-refractivity contribution >= 4 is 35.3 Å². The number of hydrogen-bond donors (Lipinski definition) is 0. The summed E-state index contributed by atoms with van der Waals surface area (Å²) in [6.07, 6.45) is 5.14. The van der Waals surface area contributed by atoms with Gasteiger partial charge in [0.15, 0.2) is 11.6 Å². The van der Waals surface area contributed by atoms with Crippen molar-refractivity contribution in [1.29, 1.82) is 0 Å². The number of nitrogens with zero attached hydrogens (tertiary/aromatic N) is 3. The molecule has 0 spiro atoms. The van der Waals surface area contributed by atoms with Crippen LogP contribution in [-0.2, 0) is 14.4 Å². The van der Waals surface area contributed by atoms with Gasteiger partial charge in [-0.1, -0.05) is 26.8 Å². The molecule has 0 bridgehead atoms. The van der Waals surface area contributed by atoms with Crippen molar-refractivity contribution < 1.29 is 19.2 Å². The van der Waals surface area contributed by atoms with Gasteiger partial charge in [0.25, 0.3) is 0 Å². The Labute approximate surface area is 169 Å². The van der Waals surface area contributed by atoms with Gasteiger partial charge in [-0.15, -0.1) is 0 Å². The van der Waals surface area contributed by atoms with Gasteiger partial charge < -0.3 is 0 Å². The lowest BCUT2D eigenvalue weighted by Gasteiger charge is -2.33. The molecule has 0 N–H and O–H groups in total. The second-order valence-electron chi connectivity index (χ2n) is 8.75. The highest BCUT2D eigenvalue weighted by atomic mass is 16.2. The van der Waals surface area contributed by atoms with Crippen molar-refractivity contribution in [1.82, 2.24) is 5.01 Å². The Bertz CT molecular complexity index is 971. The Morgan fingerprint density at radius 1 is 1.00 bits per heavy atom. The molecule has 2 amide bonds. The third kappa shape index (κ3) is 2.84. The summed E-state index contributed by atoms with van der Waals surface area (Å²) in [5.74, 6) is -2.39. The van der Waals surface area contributed by atoms with E-state index in [0.29, 0.717) is 11.3 Å². The molecule has 0 saturated carbocycles. The Morgan fingerprint density at radius 2 is 1.62 bits per heavy atom. The number of allylic oxidation sites excluding steroid dienone is 1. The van der Waals surface area contributed by atoms with Crippen molar-refractivity contribution in [3.05, 3.63) is 42.0 Å². The summed E-state index contributed by atoms with van der Waals surface area (Å²) in [6, 6.07) is 5.17. The third-order valence-electron chi connectivity index (χ3n) is 5.83. The van der Waals surface area contributed by atoms with E-state index in [9.17, 15) is 19.2 Å². The molecule has 2 saturated heterocycles. The van der Waals surface area contributed by atoms with E-state index in [2.05, 4.69) is 5.10 Å². The van der Waals surface area contributed by atoms with Crippen LogP contribution in [0.5, 0.6) is 0 Å². The van der Waals surface area contributed by atoms with Gasteiger partial charge in [-0.05, 0) is 37.3 Å².